The molecule has 2 aromatic heterocycles. The first-order valence-electron chi connectivity index (χ1n) is 11.4. The third-order valence-corrected chi connectivity index (χ3v) is 6.81. The standard InChI is InChI=1S/C27H28ClN5/c28-24-16-31-27-23(13-14-30-27)25(24)26(32-29)21-11-12-22(15-21)33(17-19-7-3-1-4-8-19)18-20-9-5-2-6-10-20/h1-10,13-14,16,22,32H,11-12,15,17-18,29H2,(H,30,31)/t22-/m0/s1. The van der Waals surface area contributed by atoms with Crippen LogP contribution in [-0.2, 0) is 13.1 Å². The van der Waals surface area contributed by atoms with E-state index in [0.717, 1.165) is 54.6 Å². The largest absolute Gasteiger partial charge is 0.346 e. The van der Waals surface area contributed by atoms with Gasteiger partial charge in [0.15, 0.2) is 0 Å². The predicted molar refractivity (Wildman–Crippen MR) is 135 cm³/mol. The van der Waals surface area contributed by atoms with Crippen LogP contribution in [0.5, 0.6) is 0 Å². The summed E-state index contributed by atoms with van der Waals surface area (Å²) in [5.74, 6) is 6.07. The highest BCUT2D eigenvalue weighted by atomic mass is 35.5. The van der Waals surface area contributed by atoms with Gasteiger partial charge in [0.2, 0.25) is 0 Å². The quantitative estimate of drug-likeness (QED) is 0.248. The molecular formula is C27H28ClN5. The zero-order chi connectivity index (χ0) is 22.6. The summed E-state index contributed by atoms with van der Waals surface area (Å²) in [5, 5.41) is 1.59. The molecule has 1 aliphatic rings. The van der Waals surface area contributed by atoms with Gasteiger partial charge >= 0.3 is 0 Å². The maximum Gasteiger partial charge on any atom is 0.138 e. The minimum atomic E-state index is 0.422. The first-order valence-corrected chi connectivity index (χ1v) is 11.7. The van der Waals surface area contributed by atoms with E-state index in [1.54, 1.807) is 6.20 Å². The number of nitrogens with two attached hydrogens (primary N) is 1. The molecule has 2 heterocycles. The zero-order valence-electron chi connectivity index (χ0n) is 18.5. The van der Waals surface area contributed by atoms with E-state index in [1.165, 1.54) is 16.7 Å². The monoisotopic (exact) mass is 457 g/mol. The Morgan fingerprint density at radius 1 is 1.03 bits per heavy atom. The molecule has 0 bridgehead atoms. The number of benzene rings is 2. The summed E-state index contributed by atoms with van der Waals surface area (Å²) in [6, 6.07) is 23.8. The van der Waals surface area contributed by atoms with Crippen molar-refractivity contribution in [2.75, 3.05) is 0 Å². The molecule has 5 rings (SSSR count). The van der Waals surface area contributed by atoms with Gasteiger partial charge in [-0.15, -0.1) is 0 Å². The summed E-state index contributed by atoms with van der Waals surface area (Å²) in [7, 11) is 0. The Morgan fingerprint density at radius 2 is 1.70 bits per heavy atom. The summed E-state index contributed by atoms with van der Waals surface area (Å²) in [6.45, 7) is 1.83. The Labute approximate surface area is 199 Å². The molecule has 1 atom stereocenters. The normalized spacial score (nSPS) is 17.6. The topological polar surface area (TPSA) is 70.0 Å². The van der Waals surface area contributed by atoms with Crippen LogP contribution in [0.3, 0.4) is 0 Å². The lowest BCUT2D eigenvalue weighted by Crippen LogP contribution is -2.32. The number of nitrogens with zero attached hydrogens (tertiary/aromatic N) is 2. The van der Waals surface area contributed by atoms with E-state index in [-0.39, 0.29) is 0 Å². The van der Waals surface area contributed by atoms with Crippen molar-refractivity contribution in [3.63, 3.8) is 0 Å². The van der Waals surface area contributed by atoms with E-state index in [9.17, 15) is 0 Å². The molecule has 1 aliphatic carbocycles. The van der Waals surface area contributed by atoms with Gasteiger partial charge in [-0.05, 0) is 42.0 Å². The average Bonchev–Trinajstić information content (AvgIpc) is 3.52. The van der Waals surface area contributed by atoms with Crippen molar-refractivity contribution in [1.29, 1.82) is 0 Å². The van der Waals surface area contributed by atoms with Crippen molar-refractivity contribution >= 4 is 28.3 Å². The zero-order valence-corrected chi connectivity index (χ0v) is 19.2. The van der Waals surface area contributed by atoms with Crippen LogP contribution in [-0.4, -0.2) is 20.9 Å². The number of aromatic nitrogens is 2. The van der Waals surface area contributed by atoms with Crippen molar-refractivity contribution in [3.8, 4) is 0 Å². The van der Waals surface area contributed by atoms with Crippen LogP contribution in [0, 0.1) is 0 Å². The van der Waals surface area contributed by atoms with E-state index in [1.807, 2.05) is 12.3 Å². The molecule has 6 heteroatoms. The lowest BCUT2D eigenvalue weighted by atomic mass is 10.0. The lowest BCUT2D eigenvalue weighted by molar-refractivity contribution is 0.182. The van der Waals surface area contributed by atoms with Gasteiger partial charge in [-0.2, -0.15) is 0 Å². The van der Waals surface area contributed by atoms with Crippen LogP contribution in [0.15, 0.2) is 84.7 Å². The second kappa shape index (κ2) is 9.79. The van der Waals surface area contributed by atoms with Gasteiger partial charge in [-0.1, -0.05) is 72.3 Å². The Morgan fingerprint density at radius 3 is 2.33 bits per heavy atom. The highest BCUT2D eigenvalue weighted by molar-refractivity contribution is 6.33. The minimum Gasteiger partial charge on any atom is -0.346 e. The predicted octanol–water partition coefficient (Wildman–Crippen LogP) is 5.65. The van der Waals surface area contributed by atoms with Crippen molar-refractivity contribution in [2.24, 2.45) is 5.84 Å². The van der Waals surface area contributed by atoms with Gasteiger partial charge < -0.3 is 10.4 Å². The molecule has 4 aromatic rings. The number of rotatable bonds is 7. The van der Waals surface area contributed by atoms with E-state index in [2.05, 4.69) is 81.0 Å². The number of H-pyrrole nitrogens is 1. The molecule has 0 spiro atoms. The second-order valence-electron chi connectivity index (χ2n) is 8.62. The molecule has 2 aromatic carbocycles. The molecule has 1 fully saturated rings. The van der Waals surface area contributed by atoms with Gasteiger partial charge in [-0.25, -0.2) is 4.98 Å². The maximum atomic E-state index is 6.61. The molecule has 0 aliphatic heterocycles. The van der Waals surface area contributed by atoms with Gasteiger partial charge in [0, 0.05) is 42.5 Å². The number of nitrogens with one attached hydrogen (secondary N) is 2. The van der Waals surface area contributed by atoms with Gasteiger partial charge in [-0.3, -0.25) is 10.7 Å². The number of aromatic amines is 1. The number of hydrazine groups is 1. The van der Waals surface area contributed by atoms with Gasteiger partial charge in [0.25, 0.3) is 0 Å². The van der Waals surface area contributed by atoms with Gasteiger partial charge in [0.05, 0.1) is 10.7 Å². The fourth-order valence-corrected chi connectivity index (χ4v) is 5.15. The molecule has 1 saturated carbocycles. The van der Waals surface area contributed by atoms with E-state index < -0.39 is 0 Å². The summed E-state index contributed by atoms with van der Waals surface area (Å²) in [4.78, 5) is 10.2. The van der Waals surface area contributed by atoms with E-state index in [4.69, 9.17) is 17.4 Å². The van der Waals surface area contributed by atoms with E-state index in [0.29, 0.717) is 11.1 Å². The van der Waals surface area contributed by atoms with Crippen molar-refractivity contribution in [2.45, 2.75) is 38.4 Å². The summed E-state index contributed by atoms with van der Waals surface area (Å²) in [6.07, 6.45) is 6.59. The van der Waals surface area contributed by atoms with Crippen LogP contribution in [0.25, 0.3) is 16.7 Å². The fraction of sp³-hybridized carbons (Fsp3) is 0.222. The number of pyridine rings is 1. The molecule has 5 nitrogen and oxygen atoms in total. The van der Waals surface area contributed by atoms with Crippen molar-refractivity contribution in [1.82, 2.24) is 20.3 Å². The first-order chi connectivity index (χ1) is 16.2. The molecule has 33 heavy (non-hydrogen) atoms. The number of fused-ring (bicyclic) bond motifs is 1. The molecule has 4 N–H and O–H groups in total. The molecular weight excluding hydrogens is 430 g/mol. The minimum absolute atomic E-state index is 0.422. The summed E-state index contributed by atoms with van der Waals surface area (Å²) < 4.78 is 0. The third-order valence-electron chi connectivity index (χ3n) is 6.52. The first kappa shape index (κ1) is 21.7. The maximum absolute atomic E-state index is 6.61. The van der Waals surface area contributed by atoms with Crippen molar-refractivity contribution < 1.29 is 0 Å². The third kappa shape index (κ3) is 4.67. The molecule has 0 saturated heterocycles. The smallest absolute Gasteiger partial charge is 0.138 e. The number of hydrogen-bond acceptors (Lipinski definition) is 4. The summed E-state index contributed by atoms with van der Waals surface area (Å²) >= 11 is 6.61. The lowest BCUT2D eigenvalue weighted by Gasteiger charge is -2.29. The summed E-state index contributed by atoms with van der Waals surface area (Å²) in [5.41, 5.74) is 9.61. The highest BCUT2D eigenvalue weighted by Gasteiger charge is 2.29. The SMILES string of the molecule is NNC(=C1CC[C@H](N(Cc2ccccc2)Cc2ccccc2)C1)c1c(Cl)cnc2[nH]ccc12. The van der Waals surface area contributed by atoms with Crippen LogP contribution in [0.4, 0.5) is 0 Å². The Hall–Kier alpha value is -3.12. The van der Waals surface area contributed by atoms with Crippen LogP contribution < -0.4 is 11.3 Å². The molecule has 168 valence electrons. The van der Waals surface area contributed by atoms with Crippen LogP contribution >= 0.6 is 11.6 Å². The van der Waals surface area contributed by atoms with Crippen LogP contribution in [0.1, 0.15) is 36.0 Å². The van der Waals surface area contributed by atoms with Crippen molar-refractivity contribution in [3.05, 3.63) is 106 Å². The fourth-order valence-electron chi connectivity index (χ4n) is 4.91. The molecule has 0 amide bonds. The second-order valence-corrected chi connectivity index (χ2v) is 9.02. The average molecular weight is 458 g/mol. The molecule has 0 unspecified atom stereocenters. The van der Waals surface area contributed by atoms with Gasteiger partial charge in [0.1, 0.15) is 5.65 Å². The van der Waals surface area contributed by atoms with E-state index >= 15 is 0 Å². The number of halogens is 1. The highest BCUT2D eigenvalue weighted by Crippen LogP contribution is 2.38. The Bertz CT molecular complexity index is 1210. The molecule has 0 radical (unpaired) electrons. The number of hydrogen-bond donors (Lipinski definition) is 3. The van der Waals surface area contributed by atoms with Crippen LogP contribution in [0.2, 0.25) is 5.02 Å². The Balaban J connectivity index is 1.46. The Kier molecular flexibility index (Phi) is 6.44.